The lowest BCUT2D eigenvalue weighted by Gasteiger charge is -1.99. The Hall–Kier alpha value is -0.520. The van der Waals surface area contributed by atoms with Crippen molar-refractivity contribution in [1.82, 2.24) is 0 Å². The molecule has 0 bridgehead atoms. The molecule has 0 aliphatic heterocycles. The predicted octanol–water partition coefficient (Wildman–Crippen LogP) is 6.43. The predicted molar refractivity (Wildman–Crippen MR) is 80.4 cm³/mol. The minimum Gasteiger partial charge on any atom is -0.0917 e. The first-order valence-corrected chi connectivity index (χ1v) is 7.68. The first-order valence-electron chi connectivity index (χ1n) is 7.68. The Morgan fingerprint density at radius 1 is 0.588 bits per heavy atom. The molecule has 0 aliphatic rings. The zero-order chi connectivity index (χ0) is 12.6. The summed E-state index contributed by atoms with van der Waals surface area (Å²) in [6, 6.07) is 0. The van der Waals surface area contributed by atoms with Gasteiger partial charge in [0.05, 0.1) is 0 Å². The van der Waals surface area contributed by atoms with E-state index in [4.69, 9.17) is 0 Å². The lowest BCUT2D eigenvalue weighted by Crippen LogP contribution is -1.79. The third-order valence-corrected chi connectivity index (χ3v) is 3.12. The molecule has 100 valence electrons. The van der Waals surface area contributed by atoms with Crippen LogP contribution >= 0.6 is 0 Å². The largest absolute Gasteiger partial charge is 0.0917 e. The fraction of sp³-hybridized carbons (Fsp3) is 0.765. The highest BCUT2D eigenvalue weighted by molar-refractivity contribution is 4.81. The Balaban J connectivity index is 3.00. The van der Waals surface area contributed by atoms with E-state index in [2.05, 4.69) is 38.2 Å². The van der Waals surface area contributed by atoms with Crippen LogP contribution in [0.2, 0.25) is 0 Å². The Bertz CT molecular complexity index is 176. The fourth-order valence-corrected chi connectivity index (χ4v) is 1.96. The number of unbranched alkanes of at least 4 members (excludes halogenated alkanes) is 9. The molecule has 0 heterocycles. The Kier molecular flexibility index (Phi) is 15.0. The third-order valence-electron chi connectivity index (χ3n) is 3.12. The third kappa shape index (κ3) is 15.5. The molecule has 0 aliphatic carbocycles. The van der Waals surface area contributed by atoms with Crippen LogP contribution in [0.25, 0.3) is 0 Å². The maximum absolute atomic E-state index is 2.38. The van der Waals surface area contributed by atoms with Gasteiger partial charge in [-0.25, -0.2) is 0 Å². The summed E-state index contributed by atoms with van der Waals surface area (Å²) in [6.45, 7) is 4.36. The minimum atomic E-state index is 1.27. The summed E-state index contributed by atoms with van der Waals surface area (Å²) in [4.78, 5) is 0. The van der Waals surface area contributed by atoms with E-state index in [0.29, 0.717) is 0 Å². The van der Waals surface area contributed by atoms with Gasteiger partial charge in [0.25, 0.3) is 0 Å². The van der Waals surface area contributed by atoms with Crippen molar-refractivity contribution >= 4 is 0 Å². The lowest BCUT2D eigenvalue weighted by molar-refractivity contribution is 0.599. The van der Waals surface area contributed by atoms with Crippen LogP contribution in [0.3, 0.4) is 0 Å². The first kappa shape index (κ1) is 16.5. The quantitative estimate of drug-likeness (QED) is 0.270. The maximum atomic E-state index is 2.38. The van der Waals surface area contributed by atoms with E-state index in [1.165, 1.54) is 70.6 Å². The van der Waals surface area contributed by atoms with Gasteiger partial charge in [-0.1, -0.05) is 69.8 Å². The van der Waals surface area contributed by atoms with Crippen molar-refractivity contribution in [2.24, 2.45) is 0 Å². The Labute approximate surface area is 109 Å². The zero-order valence-electron chi connectivity index (χ0n) is 12.1. The average Bonchev–Trinajstić information content (AvgIpc) is 2.35. The van der Waals surface area contributed by atoms with Crippen LogP contribution in [-0.2, 0) is 0 Å². The fourth-order valence-electron chi connectivity index (χ4n) is 1.96. The van der Waals surface area contributed by atoms with Crippen molar-refractivity contribution < 1.29 is 0 Å². The molecule has 0 saturated carbocycles. The van der Waals surface area contributed by atoms with Gasteiger partial charge in [0.2, 0.25) is 0 Å². The van der Waals surface area contributed by atoms with Gasteiger partial charge < -0.3 is 0 Å². The summed E-state index contributed by atoms with van der Waals surface area (Å²) < 4.78 is 0. The molecule has 0 amide bonds. The summed E-state index contributed by atoms with van der Waals surface area (Å²) in [5.74, 6) is 0. The lowest BCUT2D eigenvalue weighted by atomic mass is 10.1. The van der Waals surface area contributed by atoms with Crippen LogP contribution in [0.15, 0.2) is 24.3 Å². The van der Waals surface area contributed by atoms with Crippen molar-refractivity contribution in [1.29, 1.82) is 0 Å². The van der Waals surface area contributed by atoms with Crippen molar-refractivity contribution in [2.45, 2.75) is 84.5 Å². The molecule has 0 aromatic carbocycles. The SMILES string of the molecule is C/C=C/CCCCCCCC/C=C/CCCC. The number of allylic oxidation sites excluding steroid dienone is 4. The van der Waals surface area contributed by atoms with Crippen LogP contribution < -0.4 is 0 Å². The van der Waals surface area contributed by atoms with Crippen LogP contribution in [-0.4, -0.2) is 0 Å². The van der Waals surface area contributed by atoms with Gasteiger partial charge in [-0.05, 0) is 39.0 Å². The second-order valence-corrected chi connectivity index (χ2v) is 4.88. The zero-order valence-corrected chi connectivity index (χ0v) is 12.1. The number of rotatable bonds is 12. The Morgan fingerprint density at radius 2 is 1.06 bits per heavy atom. The van der Waals surface area contributed by atoms with Crippen molar-refractivity contribution in [2.75, 3.05) is 0 Å². The summed E-state index contributed by atoms with van der Waals surface area (Å²) >= 11 is 0. The van der Waals surface area contributed by atoms with Gasteiger partial charge in [0, 0.05) is 0 Å². The standard InChI is InChI=1S/C17H32/c1-3-5-7-9-11-13-15-17-16-14-12-10-8-6-4-2/h3,5,10,12H,4,6-9,11,13-17H2,1-2H3/b5-3+,12-10+. The second-order valence-electron chi connectivity index (χ2n) is 4.88. The molecule has 17 heavy (non-hydrogen) atoms. The van der Waals surface area contributed by atoms with E-state index in [0.717, 1.165) is 0 Å². The normalized spacial score (nSPS) is 11.9. The number of hydrogen-bond acceptors (Lipinski definition) is 0. The highest BCUT2D eigenvalue weighted by Gasteiger charge is 1.89. The molecular formula is C17H32. The molecule has 0 fully saturated rings. The van der Waals surface area contributed by atoms with Crippen molar-refractivity contribution in [3.63, 3.8) is 0 Å². The first-order chi connectivity index (χ1) is 8.41. The highest BCUT2D eigenvalue weighted by Crippen LogP contribution is 2.09. The van der Waals surface area contributed by atoms with Crippen molar-refractivity contribution in [3.8, 4) is 0 Å². The highest BCUT2D eigenvalue weighted by atomic mass is 14.0. The summed E-state index contributed by atoms with van der Waals surface area (Å²) in [6.07, 6.45) is 24.1. The number of hydrogen-bond donors (Lipinski definition) is 0. The van der Waals surface area contributed by atoms with E-state index in [-0.39, 0.29) is 0 Å². The van der Waals surface area contributed by atoms with Crippen LogP contribution in [0.4, 0.5) is 0 Å². The van der Waals surface area contributed by atoms with Crippen LogP contribution in [0.5, 0.6) is 0 Å². The van der Waals surface area contributed by atoms with Crippen molar-refractivity contribution in [3.05, 3.63) is 24.3 Å². The molecule has 0 heteroatoms. The molecule has 0 rings (SSSR count). The van der Waals surface area contributed by atoms with E-state index >= 15 is 0 Å². The average molecular weight is 236 g/mol. The smallest absolute Gasteiger partial charge is 0.0351 e. The van der Waals surface area contributed by atoms with Gasteiger partial charge in [-0.15, -0.1) is 0 Å². The summed E-state index contributed by atoms with van der Waals surface area (Å²) in [7, 11) is 0. The van der Waals surface area contributed by atoms with E-state index in [1.54, 1.807) is 0 Å². The molecule has 0 radical (unpaired) electrons. The summed E-state index contributed by atoms with van der Waals surface area (Å²) in [5.41, 5.74) is 0. The Morgan fingerprint density at radius 3 is 1.59 bits per heavy atom. The van der Waals surface area contributed by atoms with Crippen LogP contribution in [0.1, 0.15) is 84.5 Å². The van der Waals surface area contributed by atoms with Gasteiger partial charge in [0.1, 0.15) is 0 Å². The summed E-state index contributed by atoms with van der Waals surface area (Å²) in [5, 5.41) is 0. The van der Waals surface area contributed by atoms with Gasteiger partial charge in [0.15, 0.2) is 0 Å². The molecule has 0 spiro atoms. The molecular weight excluding hydrogens is 204 g/mol. The van der Waals surface area contributed by atoms with E-state index in [9.17, 15) is 0 Å². The molecule has 0 atom stereocenters. The topological polar surface area (TPSA) is 0 Å². The van der Waals surface area contributed by atoms with Gasteiger partial charge in [-0.3, -0.25) is 0 Å². The van der Waals surface area contributed by atoms with E-state index < -0.39 is 0 Å². The minimum absolute atomic E-state index is 1.27. The molecule has 0 N–H and O–H groups in total. The van der Waals surface area contributed by atoms with E-state index in [1.807, 2.05) is 0 Å². The van der Waals surface area contributed by atoms with Gasteiger partial charge >= 0.3 is 0 Å². The molecule has 0 saturated heterocycles. The molecule has 0 nitrogen and oxygen atoms in total. The second kappa shape index (κ2) is 15.5. The van der Waals surface area contributed by atoms with Crippen LogP contribution in [0, 0.1) is 0 Å². The maximum Gasteiger partial charge on any atom is -0.0351 e. The monoisotopic (exact) mass is 236 g/mol. The molecule has 0 aromatic rings. The molecule has 0 aromatic heterocycles. The molecule has 0 unspecified atom stereocenters. The van der Waals surface area contributed by atoms with Gasteiger partial charge in [-0.2, -0.15) is 0 Å².